The van der Waals surface area contributed by atoms with Crippen molar-refractivity contribution in [2.75, 3.05) is 0 Å². The first-order valence-electron chi connectivity index (χ1n) is 4.57. The van der Waals surface area contributed by atoms with Crippen molar-refractivity contribution in [2.24, 2.45) is 0 Å². The minimum atomic E-state index is -4.78. The van der Waals surface area contributed by atoms with Crippen LogP contribution in [0.3, 0.4) is 0 Å². The van der Waals surface area contributed by atoms with Crippen LogP contribution in [0, 0.1) is 0 Å². The van der Waals surface area contributed by atoms with Gasteiger partial charge in [-0.1, -0.05) is 11.6 Å². The molecule has 0 bridgehead atoms. The van der Waals surface area contributed by atoms with E-state index in [1.54, 1.807) is 0 Å². The van der Waals surface area contributed by atoms with Gasteiger partial charge in [0.2, 0.25) is 5.82 Å². The third-order valence-corrected chi connectivity index (χ3v) is 2.35. The second-order valence-corrected chi connectivity index (χ2v) is 3.80. The van der Waals surface area contributed by atoms with Gasteiger partial charge in [-0.15, -0.1) is 0 Å². The number of alkyl halides is 3. The maximum Gasteiger partial charge on any atom is 0.434 e. The molecule has 0 aliphatic rings. The highest BCUT2D eigenvalue weighted by Crippen LogP contribution is 2.33. The lowest BCUT2D eigenvalue weighted by Gasteiger charge is -2.10. The predicted octanol–water partition coefficient (Wildman–Crippen LogP) is 3.00. The van der Waals surface area contributed by atoms with Crippen molar-refractivity contribution in [1.29, 1.82) is 0 Å². The molecule has 94 valence electrons. The average molecular weight is 277 g/mol. The van der Waals surface area contributed by atoms with E-state index in [1.165, 1.54) is 12.1 Å². The maximum absolute atomic E-state index is 12.8. The van der Waals surface area contributed by atoms with E-state index in [1.807, 2.05) is 0 Å². The number of carboxylic acid groups (broad SMARTS) is 1. The maximum atomic E-state index is 12.8. The van der Waals surface area contributed by atoms with Crippen molar-refractivity contribution in [2.45, 2.75) is 6.18 Å². The van der Waals surface area contributed by atoms with Gasteiger partial charge in [0, 0.05) is 10.4 Å². The summed E-state index contributed by atoms with van der Waals surface area (Å²) < 4.78 is 38.3. The van der Waals surface area contributed by atoms with Gasteiger partial charge in [-0.05, 0) is 18.2 Å². The zero-order valence-corrected chi connectivity index (χ0v) is 9.25. The molecule has 0 amide bonds. The molecule has 2 rings (SSSR count). The number of aromatic nitrogens is 2. The quantitative estimate of drug-likeness (QED) is 0.870. The molecular formula is C10H4ClF3N2O2. The number of hydrogen-bond donors (Lipinski definition) is 1. The molecule has 0 spiro atoms. The van der Waals surface area contributed by atoms with Gasteiger partial charge in [0.25, 0.3) is 0 Å². The summed E-state index contributed by atoms with van der Waals surface area (Å²) in [5, 5.41) is 8.42. The van der Waals surface area contributed by atoms with Gasteiger partial charge in [0.05, 0.1) is 5.52 Å². The van der Waals surface area contributed by atoms with Crippen molar-refractivity contribution in [3.05, 3.63) is 34.7 Å². The molecule has 1 aromatic heterocycles. The molecule has 0 aliphatic carbocycles. The van der Waals surface area contributed by atoms with E-state index >= 15 is 0 Å². The molecule has 2 aromatic rings. The van der Waals surface area contributed by atoms with Crippen LogP contribution in [0.2, 0.25) is 5.02 Å². The van der Waals surface area contributed by atoms with E-state index in [0.29, 0.717) is 0 Å². The zero-order chi connectivity index (χ0) is 13.5. The Labute approximate surface area is 103 Å². The molecular weight excluding hydrogens is 273 g/mol. The number of aromatic carboxylic acids is 1. The topological polar surface area (TPSA) is 63.1 Å². The Morgan fingerprint density at radius 1 is 1.28 bits per heavy atom. The van der Waals surface area contributed by atoms with Gasteiger partial charge in [0.15, 0.2) is 5.69 Å². The second kappa shape index (κ2) is 4.09. The van der Waals surface area contributed by atoms with E-state index in [9.17, 15) is 18.0 Å². The fraction of sp³-hybridized carbons (Fsp3) is 0.100. The van der Waals surface area contributed by atoms with E-state index in [0.717, 1.165) is 6.07 Å². The van der Waals surface area contributed by atoms with Crippen LogP contribution in [-0.4, -0.2) is 21.0 Å². The number of fused-ring (bicyclic) bond motifs is 1. The Bertz CT molecular complexity index is 643. The zero-order valence-electron chi connectivity index (χ0n) is 8.49. The van der Waals surface area contributed by atoms with Crippen LogP contribution in [0.1, 0.15) is 16.3 Å². The number of benzene rings is 1. The van der Waals surface area contributed by atoms with Gasteiger partial charge in [0.1, 0.15) is 0 Å². The summed E-state index contributed by atoms with van der Waals surface area (Å²) in [4.78, 5) is 17.2. The summed E-state index contributed by atoms with van der Waals surface area (Å²) in [6.45, 7) is 0. The molecule has 0 atom stereocenters. The Balaban J connectivity index is 2.86. The van der Waals surface area contributed by atoms with Gasteiger partial charge < -0.3 is 5.11 Å². The smallest absolute Gasteiger partial charge is 0.434 e. The van der Waals surface area contributed by atoms with Crippen molar-refractivity contribution in [1.82, 2.24) is 9.97 Å². The third-order valence-electron chi connectivity index (χ3n) is 2.12. The van der Waals surface area contributed by atoms with Crippen LogP contribution in [0.5, 0.6) is 0 Å². The molecule has 0 unspecified atom stereocenters. The van der Waals surface area contributed by atoms with E-state index in [2.05, 4.69) is 9.97 Å². The molecule has 4 nitrogen and oxygen atoms in total. The lowest BCUT2D eigenvalue weighted by Crippen LogP contribution is -2.14. The standard InChI is InChI=1S/C10H4ClF3N2O2/c11-4-1-2-6-5(3-4)7(10(12,13)14)16-8(15-6)9(17)18/h1-3H,(H,17,18). The Morgan fingerprint density at radius 2 is 1.94 bits per heavy atom. The molecule has 0 fully saturated rings. The van der Waals surface area contributed by atoms with Crippen molar-refractivity contribution in [3.63, 3.8) is 0 Å². The van der Waals surface area contributed by atoms with E-state index in [4.69, 9.17) is 16.7 Å². The van der Waals surface area contributed by atoms with Crippen LogP contribution >= 0.6 is 11.6 Å². The number of hydrogen-bond acceptors (Lipinski definition) is 3. The lowest BCUT2D eigenvalue weighted by molar-refractivity contribution is -0.139. The number of carboxylic acids is 1. The molecule has 1 aromatic carbocycles. The van der Waals surface area contributed by atoms with E-state index < -0.39 is 23.7 Å². The minimum absolute atomic E-state index is 0.0830. The predicted molar refractivity (Wildman–Crippen MR) is 56.5 cm³/mol. The third kappa shape index (κ3) is 2.21. The normalized spacial score (nSPS) is 11.8. The SMILES string of the molecule is O=C(O)c1nc(C(F)(F)F)c2cc(Cl)ccc2n1. The first-order valence-corrected chi connectivity index (χ1v) is 4.94. The molecule has 1 N–H and O–H groups in total. The summed E-state index contributed by atoms with van der Waals surface area (Å²) >= 11 is 5.60. The number of carbonyl (C=O) groups is 1. The Kier molecular flexibility index (Phi) is 2.86. The van der Waals surface area contributed by atoms with Crippen molar-refractivity contribution >= 4 is 28.5 Å². The van der Waals surface area contributed by atoms with Crippen LogP contribution in [0.4, 0.5) is 13.2 Å². The van der Waals surface area contributed by atoms with Crippen molar-refractivity contribution < 1.29 is 23.1 Å². The average Bonchev–Trinajstić information content (AvgIpc) is 2.26. The van der Waals surface area contributed by atoms with Crippen LogP contribution in [-0.2, 0) is 6.18 Å². The highest BCUT2D eigenvalue weighted by Gasteiger charge is 2.36. The largest absolute Gasteiger partial charge is 0.475 e. The molecule has 0 radical (unpaired) electrons. The van der Waals surface area contributed by atoms with Crippen molar-refractivity contribution in [3.8, 4) is 0 Å². The van der Waals surface area contributed by atoms with E-state index in [-0.39, 0.29) is 15.9 Å². The molecule has 1 heterocycles. The molecule has 8 heteroatoms. The van der Waals surface area contributed by atoms with Crippen LogP contribution in [0.15, 0.2) is 18.2 Å². The molecule has 0 saturated heterocycles. The highest BCUT2D eigenvalue weighted by atomic mass is 35.5. The number of rotatable bonds is 1. The first-order chi connectivity index (χ1) is 8.29. The fourth-order valence-electron chi connectivity index (χ4n) is 1.41. The summed E-state index contributed by atoms with van der Waals surface area (Å²) in [6, 6.07) is 3.58. The Hall–Kier alpha value is -1.89. The number of nitrogens with zero attached hydrogens (tertiary/aromatic N) is 2. The monoisotopic (exact) mass is 276 g/mol. The van der Waals surface area contributed by atoms with Gasteiger partial charge >= 0.3 is 12.1 Å². The summed E-state index contributed by atoms with van der Waals surface area (Å²) in [5.74, 6) is -2.53. The molecule has 0 aliphatic heterocycles. The van der Waals surface area contributed by atoms with Gasteiger partial charge in [-0.25, -0.2) is 14.8 Å². The second-order valence-electron chi connectivity index (χ2n) is 3.36. The summed E-state index contributed by atoms with van der Waals surface area (Å²) in [6.07, 6.45) is -4.78. The minimum Gasteiger partial charge on any atom is -0.475 e. The Morgan fingerprint density at radius 3 is 2.50 bits per heavy atom. The van der Waals surface area contributed by atoms with Gasteiger partial charge in [-0.2, -0.15) is 13.2 Å². The lowest BCUT2D eigenvalue weighted by atomic mass is 10.2. The van der Waals surface area contributed by atoms with Gasteiger partial charge in [-0.3, -0.25) is 0 Å². The first kappa shape index (κ1) is 12.6. The number of halogens is 4. The summed E-state index contributed by atoms with van der Waals surface area (Å²) in [5.41, 5.74) is -1.44. The van der Waals surface area contributed by atoms with Crippen LogP contribution in [0.25, 0.3) is 10.9 Å². The van der Waals surface area contributed by atoms with Crippen LogP contribution < -0.4 is 0 Å². The highest BCUT2D eigenvalue weighted by molar-refractivity contribution is 6.31. The summed E-state index contributed by atoms with van der Waals surface area (Å²) in [7, 11) is 0. The fourth-order valence-corrected chi connectivity index (χ4v) is 1.58. The molecule has 18 heavy (non-hydrogen) atoms. The molecule has 0 saturated carbocycles.